The Kier molecular flexibility index (Phi) is 4.97. The number of hydrogen-bond acceptors (Lipinski definition) is 1. The van der Waals surface area contributed by atoms with Gasteiger partial charge in [0, 0.05) is 12.4 Å². The Balaban J connectivity index is 2.25. The largest absolute Gasteiger partial charge is 0.299 e. The van der Waals surface area contributed by atoms with E-state index in [2.05, 4.69) is 25.3 Å². The van der Waals surface area contributed by atoms with Crippen LogP contribution in [-0.4, -0.2) is 30.4 Å². The second-order valence-electron chi connectivity index (χ2n) is 4.74. The highest BCUT2D eigenvalue weighted by molar-refractivity contribution is 6.19. The normalized spacial score (nSPS) is 20.3. The van der Waals surface area contributed by atoms with Crippen molar-refractivity contribution in [2.75, 3.05) is 25.5 Å². The fourth-order valence-electron chi connectivity index (χ4n) is 2.14. The molecule has 2 heteroatoms. The van der Waals surface area contributed by atoms with E-state index >= 15 is 0 Å². The third kappa shape index (κ3) is 3.62. The summed E-state index contributed by atoms with van der Waals surface area (Å²) in [6, 6.07) is 0. The maximum atomic E-state index is 5.72. The molecule has 1 fully saturated rings. The first-order chi connectivity index (χ1) is 6.63. The number of nitrogens with zero attached hydrogens (tertiary/aromatic N) is 1. The van der Waals surface area contributed by atoms with Crippen molar-refractivity contribution in [3.63, 3.8) is 0 Å². The molecule has 1 nitrogen and oxygen atoms in total. The molecule has 0 N–H and O–H groups in total. The third-order valence-corrected chi connectivity index (χ3v) is 3.59. The van der Waals surface area contributed by atoms with Crippen molar-refractivity contribution >= 4 is 11.6 Å². The van der Waals surface area contributed by atoms with E-state index in [1.807, 2.05) is 0 Å². The molecule has 0 radical (unpaired) electrons. The molecule has 0 unspecified atom stereocenters. The first kappa shape index (κ1) is 12.1. The Labute approximate surface area is 93.1 Å². The van der Waals surface area contributed by atoms with E-state index in [-0.39, 0.29) is 0 Å². The molecule has 0 atom stereocenters. The van der Waals surface area contributed by atoms with E-state index in [4.69, 9.17) is 11.6 Å². The van der Waals surface area contributed by atoms with Crippen LogP contribution in [0.2, 0.25) is 0 Å². The van der Waals surface area contributed by atoms with Crippen molar-refractivity contribution in [1.82, 2.24) is 4.90 Å². The van der Waals surface area contributed by atoms with Gasteiger partial charge in [-0.1, -0.05) is 20.4 Å². The van der Waals surface area contributed by atoms with Gasteiger partial charge in [-0.2, -0.15) is 0 Å². The van der Waals surface area contributed by atoms with E-state index in [0.717, 1.165) is 24.0 Å². The molecule has 1 heterocycles. The molecule has 0 bridgehead atoms. The Morgan fingerprint density at radius 3 is 2.43 bits per heavy atom. The minimum absolute atomic E-state index is 0.601. The van der Waals surface area contributed by atoms with Crippen molar-refractivity contribution < 1.29 is 0 Å². The van der Waals surface area contributed by atoms with Crippen LogP contribution in [0.25, 0.3) is 0 Å². The lowest BCUT2D eigenvalue weighted by molar-refractivity contribution is 0.168. The van der Waals surface area contributed by atoms with Gasteiger partial charge >= 0.3 is 0 Å². The number of piperidine rings is 1. The first-order valence-electron chi connectivity index (χ1n) is 5.58. The quantitative estimate of drug-likeness (QED) is 0.515. The average molecular weight is 216 g/mol. The van der Waals surface area contributed by atoms with Crippen molar-refractivity contribution in [3.8, 4) is 0 Å². The first-order valence-corrected chi connectivity index (χ1v) is 6.12. The molecule has 0 amide bonds. The van der Waals surface area contributed by atoms with Gasteiger partial charge in [0.05, 0.1) is 0 Å². The lowest BCUT2D eigenvalue weighted by Gasteiger charge is -2.34. The van der Waals surface area contributed by atoms with Gasteiger partial charge in [0.2, 0.25) is 0 Å². The topological polar surface area (TPSA) is 3.24 Å². The Morgan fingerprint density at radius 1 is 1.43 bits per heavy atom. The molecule has 0 aromatic carbocycles. The molecule has 1 saturated heterocycles. The number of likely N-dealkylation sites (tertiary alicyclic amines) is 1. The zero-order valence-corrected chi connectivity index (χ0v) is 10.2. The van der Waals surface area contributed by atoms with Crippen LogP contribution in [-0.2, 0) is 0 Å². The summed E-state index contributed by atoms with van der Waals surface area (Å²) in [4.78, 5) is 2.48. The van der Waals surface area contributed by atoms with E-state index in [1.54, 1.807) is 0 Å². The van der Waals surface area contributed by atoms with Crippen molar-refractivity contribution in [3.05, 3.63) is 12.2 Å². The maximum absolute atomic E-state index is 5.72. The predicted octanol–water partition coefficient (Wildman–Crippen LogP) is 3.15. The molecule has 1 rings (SSSR count). The molecular weight excluding hydrogens is 194 g/mol. The van der Waals surface area contributed by atoms with Crippen molar-refractivity contribution in [1.29, 1.82) is 0 Å². The summed E-state index contributed by atoms with van der Waals surface area (Å²) in [5.74, 6) is 2.37. The van der Waals surface area contributed by atoms with Gasteiger partial charge in [-0.05, 0) is 43.3 Å². The monoisotopic (exact) mass is 215 g/mol. The van der Waals surface area contributed by atoms with Gasteiger partial charge < -0.3 is 0 Å². The summed E-state index contributed by atoms with van der Waals surface area (Å²) in [7, 11) is 0. The van der Waals surface area contributed by atoms with Gasteiger partial charge in [0.25, 0.3) is 0 Å². The van der Waals surface area contributed by atoms with Gasteiger partial charge in [-0.25, -0.2) is 0 Å². The van der Waals surface area contributed by atoms with E-state index in [1.165, 1.54) is 25.9 Å². The standard InChI is InChI=1S/C12H22ClN/c1-10(2)12-4-6-14(7-5-12)9-11(3)8-13/h10,12H,3-9H2,1-2H3. The number of rotatable bonds is 4. The maximum Gasteiger partial charge on any atom is 0.0443 e. The van der Waals surface area contributed by atoms with Crippen LogP contribution >= 0.6 is 11.6 Å². The number of halogens is 1. The smallest absolute Gasteiger partial charge is 0.0443 e. The minimum Gasteiger partial charge on any atom is -0.299 e. The van der Waals surface area contributed by atoms with Crippen LogP contribution in [0.15, 0.2) is 12.2 Å². The molecule has 0 aliphatic carbocycles. The van der Waals surface area contributed by atoms with Crippen molar-refractivity contribution in [2.45, 2.75) is 26.7 Å². The second-order valence-corrected chi connectivity index (χ2v) is 5.01. The molecular formula is C12H22ClN. The fourth-order valence-corrected chi connectivity index (χ4v) is 2.22. The van der Waals surface area contributed by atoms with E-state index < -0.39 is 0 Å². The molecule has 1 aliphatic heterocycles. The molecule has 82 valence electrons. The summed E-state index contributed by atoms with van der Waals surface area (Å²) < 4.78 is 0. The Hall–Kier alpha value is -0.0100. The molecule has 0 spiro atoms. The zero-order chi connectivity index (χ0) is 10.6. The average Bonchev–Trinajstić information content (AvgIpc) is 2.18. The highest BCUT2D eigenvalue weighted by Gasteiger charge is 2.21. The van der Waals surface area contributed by atoms with Crippen LogP contribution in [0.4, 0.5) is 0 Å². The summed E-state index contributed by atoms with van der Waals surface area (Å²) in [6.07, 6.45) is 2.68. The fraction of sp³-hybridized carbons (Fsp3) is 0.833. The molecule has 14 heavy (non-hydrogen) atoms. The summed E-state index contributed by atoms with van der Waals surface area (Å²) in [6.45, 7) is 12.0. The highest BCUT2D eigenvalue weighted by atomic mass is 35.5. The lowest BCUT2D eigenvalue weighted by atomic mass is 9.86. The predicted molar refractivity (Wildman–Crippen MR) is 63.9 cm³/mol. The van der Waals surface area contributed by atoms with E-state index in [0.29, 0.717) is 5.88 Å². The Morgan fingerprint density at radius 2 is 2.00 bits per heavy atom. The van der Waals surface area contributed by atoms with Crippen LogP contribution in [0.1, 0.15) is 26.7 Å². The molecule has 0 aromatic rings. The van der Waals surface area contributed by atoms with Crippen LogP contribution in [0.5, 0.6) is 0 Å². The van der Waals surface area contributed by atoms with Gasteiger partial charge in [-0.3, -0.25) is 4.90 Å². The summed E-state index contributed by atoms with van der Waals surface area (Å²) >= 11 is 5.72. The summed E-state index contributed by atoms with van der Waals surface area (Å²) in [5.41, 5.74) is 1.15. The number of hydrogen-bond donors (Lipinski definition) is 0. The summed E-state index contributed by atoms with van der Waals surface area (Å²) in [5, 5.41) is 0. The third-order valence-electron chi connectivity index (χ3n) is 3.21. The van der Waals surface area contributed by atoms with Gasteiger partial charge in [0.1, 0.15) is 0 Å². The zero-order valence-electron chi connectivity index (χ0n) is 9.43. The van der Waals surface area contributed by atoms with Gasteiger partial charge in [-0.15, -0.1) is 11.6 Å². The minimum atomic E-state index is 0.601. The second kappa shape index (κ2) is 5.77. The highest BCUT2D eigenvalue weighted by Crippen LogP contribution is 2.24. The van der Waals surface area contributed by atoms with Crippen LogP contribution in [0, 0.1) is 11.8 Å². The lowest BCUT2D eigenvalue weighted by Crippen LogP contribution is -2.36. The van der Waals surface area contributed by atoms with Crippen LogP contribution in [0.3, 0.4) is 0 Å². The molecule has 0 aromatic heterocycles. The number of alkyl halides is 1. The molecule has 1 aliphatic rings. The van der Waals surface area contributed by atoms with Crippen molar-refractivity contribution in [2.24, 2.45) is 11.8 Å². The van der Waals surface area contributed by atoms with E-state index in [9.17, 15) is 0 Å². The molecule has 0 saturated carbocycles. The SMILES string of the molecule is C=C(CCl)CN1CCC(C(C)C)CC1. The van der Waals surface area contributed by atoms with Crippen LogP contribution < -0.4 is 0 Å². The van der Waals surface area contributed by atoms with Gasteiger partial charge in [0.15, 0.2) is 0 Å². The Bertz CT molecular complexity index is 181.